The molecule has 5 aliphatic rings. The third kappa shape index (κ3) is 2.31. The van der Waals surface area contributed by atoms with E-state index in [1.54, 1.807) is 11.3 Å². The van der Waals surface area contributed by atoms with Gasteiger partial charge in [0.05, 0.1) is 5.60 Å². The van der Waals surface area contributed by atoms with E-state index in [9.17, 15) is 9.90 Å². The first kappa shape index (κ1) is 17.2. The first-order valence-corrected chi connectivity index (χ1v) is 12.2. The second kappa shape index (κ2) is 5.69. The summed E-state index contributed by atoms with van der Waals surface area (Å²) in [4.78, 5) is 13.2. The van der Waals surface area contributed by atoms with Gasteiger partial charge in [-0.15, -0.1) is 0 Å². The minimum atomic E-state index is -0.261. The van der Waals surface area contributed by atoms with Crippen LogP contribution in [-0.2, 0) is 0 Å². The molecular formula is C24H32O2S. The Morgan fingerprint density at radius 1 is 1.00 bits per heavy atom. The van der Waals surface area contributed by atoms with Gasteiger partial charge in [0, 0.05) is 16.9 Å². The van der Waals surface area contributed by atoms with Crippen molar-refractivity contribution in [1.29, 1.82) is 0 Å². The molecule has 0 amide bonds. The largest absolute Gasteiger partial charge is 0.390 e. The second-order valence-corrected chi connectivity index (χ2v) is 11.6. The number of thiophene rings is 1. The van der Waals surface area contributed by atoms with Gasteiger partial charge in [0.25, 0.3) is 0 Å². The molecule has 0 saturated heterocycles. The highest BCUT2D eigenvalue weighted by molar-refractivity contribution is 7.08. The summed E-state index contributed by atoms with van der Waals surface area (Å²) in [5, 5.41) is 14.7. The molecular weight excluding hydrogens is 352 g/mol. The van der Waals surface area contributed by atoms with E-state index in [1.165, 1.54) is 38.5 Å². The third-order valence-electron chi connectivity index (χ3n) is 10.1. The van der Waals surface area contributed by atoms with Crippen LogP contribution in [0.5, 0.6) is 0 Å². The summed E-state index contributed by atoms with van der Waals surface area (Å²) in [6, 6.07) is 2.03. The third-order valence-corrected chi connectivity index (χ3v) is 10.8. The maximum Gasteiger partial charge on any atom is 0.167 e. The van der Waals surface area contributed by atoms with Gasteiger partial charge in [-0.05, 0) is 110 Å². The molecule has 0 bridgehead atoms. The SMILES string of the molecule is C[C@]12CC[C@@H]3[C@H]4CC[C@]5(O)CC5[C@H]4CC[C@H]3[C@@H]1CC[C@@H]2C(=O)c1ccsc1. The monoisotopic (exact) mass is 384 g/mol. The number of fused-ring (bicyclic) bond motifs is 7. The van der Waals surface area contributed by atoms with E-state index in [-0.39, 0.29) is 16.9 Å². The molecule has 9 atom stereocenters. The Balaban J connectivity index is 1.25. The second-order valence-electron chi connectivity index (χ2n) is 10.8. The fourth-order valence-electron chi connectivity index (χ4n) is 8.72. The quantitative estimate of drug-likeness (QED) is 0.678. The summed E-state index contributed by atoms with van der Waals surface area (Å²) < 4.78 is 0. The van der Waals surface area contributed by atoms with Gasteiger partial charge in [-0.1, -0.05) is 6.92 Å². The predicted molar refractivity (Wildman–Crippen MR) is 108 cm³/mol. The van der Waals surface area contributed by atoms with Crippen LogP contribution in [0, 0.1) is 46.8 Å². The van der Waals surface area contributed by atoms with Crippen molar-refractivity contribution in [2.45, 2.75) is 70.3 Å². The van der Waals surface area contributed by atoms with Crippen molar-refractivity contribution >= 4 is 17.1 Å². The van der Waals surface area contributed by atoms with E-state index in [0.29, 0.717) is 11.7 Å². The molecule has 1 N–H and O–H groups in total. The first-order chi connectivity index (χ1) is 13.0. The number of Topliss-reactive ketones (excluding diaryl/α,β-unsaturated/α-hetero) is 1. The van der Waals surface area contributed by atoms with Crippen LogP contribution >= 0.6 is 11.3 Å². The normalized spacial score (nSPS) is 53.0. The summed E-state index contributed by atoms with van der Waals surface area (Å²) in [6.07, 6.45) is 11.1. The zero-order chi connectivity index (χ0) is 18.4. The van der Waals surface area contributed by atoms with Crippen LogP contribution in [0.2, 0.25) is 0 Å². The Hall–Kier alpha value is -0.670. The Morgan fingerprint density at radius 3 is 2.48 bits per heavy atom. The van der Waals surface area contributed by atoms with E-state index < -0.39 is 0 Å². The zero-order valence-electron chi connectivity index (χ0n) is 16.4. The molecule has 0 aliphatic heterocycles. The summed E-state index contributed by atoms with van der Waals surface area (Å²) in [6.45, 7) is 2.46. The van der Waals surface area contributed by atoms with Crippen LogP contribution in [-0.4, -0.2) is 16.5 Å². The van der Waals surface area contributed by atoms with Crippen LogP contribution in [0.3, 0.4) is 0 Å². The lowest BCUT2D eigenvalue weighted by Crippen LogP contribution is -2.50. The molecule has 146 valence electrons. The number of hydrogen-bond donors (Lipinski definition) is 1. The van der Waals surface area contributed by atoms with Crippen molar-refractivity contribution in [1.82, 2.24) is 0 Å². The van der Waals surface area contributed by atoms with Crippen LogP contribution in [0.4, 0.5) is 0 Å². The number of rotatable bonds is 2. The van der Waals surface area contributed by atoms with E-state index in [4.69, 9.17) is 0 Å². The Morgan fingerprint density at radius 2 is 1.74 bits per heavy atom. The molecule has 0 aromatic carbocycles. The summed E-state index contributed by atoms with van der Waals surface area (Å²) >= 11 is 1.65. The average molecular weight is 385 g/mol. The lowest BCUT2D eigenvalue weighted by molar-refractivity contribution is -0.0764. The van der Waals surface area contributed by atoms with Crippen LogP contribution < -0.4 is 0 Å². The van der Waals surface area contributed by atoms with Gasteiger partial charge in [0.15, 0.2) is 5.78 Å². The first-order valence-electron chi connectivity index (χ1n) is 11.3. The molecule has 5 fully saturated rings. The van der Waals surface area contributed by atoms with E-state index in [2.05, 4.69) is 12.3 Å². The van der Waals surface area contributed by atoms with Gasteiger partial charge in [-0.3, -0.25) is 4.79 Å². The number of carbonyl (C=O) groups is 1. The van der Waals surface area contributed by atoms with Crippen LogP contribution in [0.1, 0.15) is 75.1 Å². The number of carbonyl (C=O) groups excluding carboxylic acids is 1. The maximum absolute atomic E-state index is 13.2. The van der Waals surface area contributed by atoms with E-state index in [0.717, 1.165) is 54.4 Å². The Bertz CT molecular complexity index is 756. The Labute approximate surface area is 166 Å². The lowest BCUT2D eigenvalue weighted by Gasteiger charge is -2.56. The molecule has 5 aliphatic carbocycles. The summed E-state index contributed by atoms with van der Waals surface area (Å²) in [5.74, 6) is 5.44. The molecule has 1 aromatic rings. The molecule has 1 heterocycles. The van der Waals surface area contributed by atoms with E-state index >= 15 is 0 Å². The molecule has 2 nitrogen and oxygen atoms in total. The molecule has 3 heteroatoms. The topological polar surface area (TPSA) is 37.3 Å². The van der Waals surface area contributed by atoms with Gasteiger partial charge in [-0.2, -0.15) is 11.3 Å². The number of hydrogen-bond acceptors (Lipinski definition) is 3. The van der Waals surface area contributed by atoms with Gasteiger partial charge >= 0.3 is 0 Å². The van der Waals surface area contributed by atoms with E-state index in [1.807, 2.05) is 11.4 Å². The summed E-state index contributed by atoms with van der Waals surface area (Å²) in [7, 11) is 0. The average Bonchev–Trinajstić information content (AvgIpc) is 3.01. The molecule has 0 spiro atoms. The fourth-order valence-corrected chi connectivity index (χ4v) is 9.37. The van der Waals surface area contributed by atoms with Crippen molar-refractivity contribution < 1.29 is 9.90 Å². The highest BCUT2D eigenvalue weighted by atomic mass is 32.1. The van der Waals surface area contributed by atoms with Gasteiger partial charge in [0.2, 0.25) is 0 Å². The Kier molecular flexibility index (Phi) is 3.63. The maximum atomic E-state index is 13.2. The zero-order valence-corrected chi connectivity index (χ0v) is 17.2. The lowest BCUT2D eigenvalue weighted by atomic mass is 9.49. The van der Waals surface area contributed by atoms with Crippen molar-refractivity contribution in [3.8, 4) is 0 Å². The highest BCUT2D eigenvalue weighted by Gasteiger charge is 2.65. The molecule has 1 unspecified atom stereocenters. The minimum Gasteiger partial charge on any atom is -0.390 e. The molecule has 6 rings (SSSR count). The standard InChI is InChI=1S/C24H32O2S/c1-23-9-6-15-16-7-10-24(26)12-21(24)18(16)3-2-17(15)19(23)4-5-20(23)22(25)14-8-11-27-13-14/h8,11,13,15-21,26H,2-7,9-10,12H2,1H3/t15-,16-,17-,18+,19+,20-,21?,23+,24+/m1/s1. The van der Waals surface area contributed by atoms with Gasteiger partial charge in [0.1, 0.15) is 0 Å². The molecule has 1 aromatic heterocycles. The summed E-state index contributed by atoms with van der Waals surface area (Å²) in [5.41, 5.74) is 0.919. The van der Waals surface area contributed by atoms with Crippen molar-refractivity contribution in [3.63, 3.8) is 0 Å². The molecule has 0 radical (unpaired) electrons. The number of aliphatic hydroxyl groups is 1. The minimum absolute atomic E-state index is 0.224. The predicted octanol–water partition coefficient (Wildman–Crippen LogP) is 5.56. The van der Waals surface area contributed by atoms with Crippen molar-refractivity contribution in [3.05, 3.63) is 22.4 Å². The molecule has 5 saturated carbocycles. The van der Waals surface area contributed by atoms with Crippen LogP contribution in [0.25, 0.3) is 0 Å². The fraction of sp³-hybridized carbons (Fsp3) is 0.792. The highest BCUT2D eigenvalue weighted by Crippen LogP contribution is 2.68. The van der Waals surface area contributed by atoms with Gasteiger partial charge < -0.3 is 5.11 Å². The smallest absolute Gasteiger partial charge is 0.167 e. The molecule has 27 heavy (non-hydrogen) atoms. The van der Waals surface area contributed by atoms with Crippen molar-refractivity contribution in [2.24, 2.45) is 46.8 Å². The number of ketones is 1. The van der Waals surface area contributed by atoms with Crippen molar-refractivity contribution in [2.75, 3.05) is 0 Å². The van der Waals surface area contributed by atoms with Gasteiger partial charge in [-0.25, -0.2) is 0 Å². The van der Waals surface area contributed by atoms with Crippen LogP contribution in [0.15, 0.2) is 16.8 Å².